The Balaban J connectivity index is 1.47. The fourth-order valence-corrected chi connectivity index (χ4v) is 4.66. The molecule has 5 rings (SSSR count). The zero-order valence-electron chi connectivity index (χ0n) is 18.8. The molecule has 3 aromatic rings. The average Bonchev–Trinajstić information content (AvgIpc) is 3.09. The second kappa shape index (κ2) is 9.60. The number of methoxy groups -OCH3 is 1. The smallest absolute Gasteiger partial charge is 0.232 e. The van der Waals surface area contributed by atoms with E-state index in [1.807, 2.05) is 12.1 Å². The van der Waals surface area contributed by atoms with Gasteiger partial charge in [0, 0.05) is 30.0 Å². The second-order valence-electron chi connectivity index (χ2n) is 8.67. The number of hydrogen-bond donors (Lipinski definition) is 3. The zero-order chi connectivity index (χ0) is 22.6. The molecule has 172 valence electrons. The van der Waals surface area contributed by atoms with Crippen molar-refractivity contribution in [1.29, 1.82) is 0 Å². The van der Waals surface area contributed by atoms with Crippen LogP contribution < -0.4 is 20.7 Å². The lowest BCUT2D eigenvalue weighted by Crippen LogP contribution is -2.22. The maximum atomic E-state index is 14.2. The minimum Gasteiger partial charge on any atom is -0.494 e. The summed E-state index contributed by atoms with van der Waals surface area (Å²) in [5.74, 6) is 1.42. The average molecular weight is 449 g/mol. The highest BCUT2D eigenvalue weighted by Gasteiger charge is 2.27. The van der Waals surface area contributed by atoms with Crippen LogP contribution in [-0.2, 0) is 0 Å². The van der Waals surface area contributed by atoms with E-state index in [4.69, 9.17) is 14.7 Å². The van der Waals surface area contributed by atoms with Crippen LogP contribution >= 0.6 is 0 Å². The van der Waals surface area contributed by atoms with E-state index in [0.717, 1.165) is 25.1 Å². The number of fused-ring (bicyclic) bond motifs is 1. The van der Waals surface area contributed by atoms with Gasteiger partial charge in [-0.3, -0.25) is 0 Å². The van der Waals surface area contributed by atoms with Crippen molar-refractivity contribution in [2.75, 3.05) is 29.6 Å². The SMILES string of the molecule is COc1ccc(Nc2nc(NC3CCCCCC3)nc(C3CNc4ccccc43)n2)cc1F. The summed E-state index contributed by atoms with van der Waals surface area (Å²) in [6, 6.07) is 13.3. The van der Waals surface area contributed by atoms with E-state index in [-0.39, 0.29) is 11.7 Å². The van der Waals surface area contributed by atoms with Crippen molar-refractivity contribution in [3.8, 4) is 5.75 Å². The van der Waals surface area contributed by atoms with E-state index in [1.54, 1.807) is 12.1 Å². The minimum atomic E-state index is -0.442. The maximum Gasteiger partial charge on any atom is 0.232 e. The fourth-order valence-electron chi connectivity index (χ4n) is 4.66. The summed E-state index contributed by atoms with van der Waals surface area (Å²) in [7, 11) is 1.45. The van der Waals surface area contributed by atoms with Crippen LogP contribution in [0.2, 0.25) is 0 Å². The molecule has 8 heteroatoms. The molecular weight excluding hydrogens is 419 g/mol. The quantitative estimate of drug-likeness (QED) is 0.432. The Morgan fingerprint density at radius 2 is 1.76 bits per heavy atom. The largest absolute Gasteiger partial charge is 0.494 e. The molecule has 33 heavy (non-hydrogen) atoms. The van der Waals surface area contributed by atoms with Gasteiger partial charge in [-0.2, -0.15) is 15.0 Å². The van der Waals surface area contributed by atoms with Gasteiger partial charge in [0.1, 0.15) is 5.82 Å². The van der Waals surface area contributed by atoms with Gasteiger partial charge < -0.3 is 20.7 Å². The first-order valence-electron chi connectivity index (χ1n) is 11.7. The van der Waals surface area contributed by atoms with Crippen molar-refractivity contribution in [2.24, 2.45) is 0 Å². The Hall–Kier alpha value is -3.42. The molecule has 2 heterocycles. The molecule has 2 aliphatic rings. The van der Waals surface area contributed by atoms with E-state index in [1.165, 1.54) is 44.4 Å². The number of nitrogens with one attached hydrogen (secondary N) is 3. The van der Waals surface area contributed by atoms with E-state index in [2.05, 4.69) is 33.1 Å². The van der Waals surface area contributed by atoms with Crippen LogP contribution in [0.4, 0.5) is 27.7 Å². The van der Waals surface area contributed by atoms with Crippen LogP contribution in [0.25, 0.3) is 0 Å². The third-order valence-corrected chi connectivity index (χ3v) is 6.39. The highest BCUT2D eigenvalue weighted by Crippen LogP contribution is 2.35. The van der Waals surface area contributed by atoms with Crippen LogP contribution in [0.15, 0.2) is 42.5 Å². The molecule has 1 atom stereocenters. The summed E-state index contributed by atoms with van der Waals surface area (Å²) in [6.07, 6.45) is 7.21. The minimum absolute atomic E-state index is 0.0204. The van der Waals surface area contributed by atoms with Gasteiger partial charge in [0.2, 0.25) is 11.9 Å². The third kappa shape index (κ3) is 4.84. The lowest BCUT2D eigenvalue weighted by Gasteiger charge is -2.18. The number of nitrogens with zero attached hydrogens (tertiary/aromatic N) is 3. The number of para-hydroxylation sites is 1. The Kier molecular flexibility index (Phi) is 6.24. The van der Waals surface area contributed by atoms with Crippen molar-refractivity contribution in [3.05, 3.63) is 59.7 Å². The summed E-state index contributed by atoms with van der Waals surface area (Å²) in [4.78, 5) is 14.2. The van der Waals surface area contributed by atoms with Gasteiger partial charge in [-0.25, -0.2) is 4.39 Å². The lowest BCUT2D eigenvalue weighted by molar-refractivity contribution is 0.386. The molecule has 1 saturated carbocycles. The molecule has 1 aliphatic heterocycles. The van der Waals surface area contributed by atoms with Crippen molar-refractivity contribution in [3.63, 3.8) is 0 Å². The van der Waals surface area contributed by atoms with Crippen molar-refractivity contribution >= 4 is 23.3 Å². The Bertz CT molecular complexity index is 1120. The topological polar surface area (TPSA) is 84.0 Å². The number of anilines is 4. The maximum absolute atomic E-state index is 14.2. The van der Waals surface area contributed by atoms with Gasteiger partial charge >= 0.3 is 0 Å². The van der Waals surface area contributed by atoms with Crippen molar-refractivity contribution in [2.45, 2.75) is 50.5 Å². The van der Waals surface area contributed by atoms with Gasteiger partial charge in [0.25, 0.3) is 0 Å². The molecule has 2 aromatic carbocycles. The van der Waals surface area contributed by atoms with Crippen molar-refractivity contribution in [1.82, 2.24) is 15.0 Å². The number of benzene rings is 2. The van der Waals surface area contributed by atoms with Crippen LogP contribution in [0.3, 0.4) is 0 Å². The monoisotopic (exact) mass is 448 g/mol. The Morgan fingerprint density at radius 1 is 0.970 bits per heavy atom. The predicted octanol–water partition coefficient (Wildman–Crippen LogP) is 5.46. The zero-order valence-corrected chi connectivity index (χ0v) is 18.8. The number of aromatic nitrogens is 3. The van der Waals surface area contributed by atoms with E-state index in [0.29, 0.717) is 29.5 Å². The highest BCUT2D eigenvalue weighted by atomic mass is 19.1. The molecule has 1 aromatic heterocycles. The molecule has 0 amide bonds. The first-order chi connectivity index (χ1) is 16.2. The first kappa shape index (κ1) is 21.4. The van der Waals surface area contributed by atoms with E-state index in [9.17, 15) is 4.39 Å². The summed E-state index contributed by atoms with van der Waals surface area (Å²) in [5.41, 5.74) is 2.83. The molecular formula is C25H29FN6O. The third-order valence-electron chi connectivity index (χ3n) is 6.39. The van der Waals surface area contributed by atoms with Gasteiger partial charge in [0.15, 0.2) is 11.6 Å². The van der Waals surface area contributed by atoms with Crippen LogP contribution in [0, 0.1) is 5.82 Å². The summed E-state index contributed by atoms with van der Waals surface area (Å²) < 4.78 is 19.3. The van der Waals surface area contributed by atoms with E-state index >= 15 is 0 Å². The Labute approximate surface area is 193 Å². The van der Waals surface area contributed by atoms with Gasteiger partial charge in [-0.15, -0.1) is 0 Å². The molecule has 0 bridgehead atoms. The fraction of sp³-hybridized carbons (Fsp3) is 0.400. The highest BCUT2D eigenvalue weighted by molar-refractivity contribution is 5.60. The number of ether oxygens (including phenoxy) is 1. The number of halogens is 1. The molecule has 0 saturated heterocycles. The van der Waals surface area contributed by atoms with Crippen LogP contribution in [0.5, 0.6) is 5.75 Å². The Morgan fingerprint density at radius 3 is 2.55 bits per heavy atom. The van der Waals surface area contributed by atoms with Gasteiger partial charge in [0.05, 0.1) is 13.0 Å². The second-order valence-corrected chi connectivity index (χ2v) is 8.67. The van der Waals surface area contributed by atoms with Crippen LogP contribution in [-0.4, -0.2) is 34.6 Å². The lowest BCUT2D eigenvalue weighted by atomic mass is 10.0. The molecule has 1 fully saturated rings. The summed E-state index contributed by atoms with van der Waals surface area (Å²) >= 11 is 0. The molecule has 0 spiro atoms. The normalized spacial score (nSPS) is 18.2. The first-order valence-corrected chi connectivity index (χ1v) is 11.7. The van der Waals surface area contributed by atoms with Crippen LogP contribution in [0.1, 0.15) is 55.8 Å². The molecule has 1 aliphatic carbocycles. The molecule has 7 nitrogen and oxygen atoms in total. The van der Waals surface area contributed by atoms with Crippen molar-refractivity contribution < 1.29 is 9.13 Å². The standard InChI is InChI=1S/C25H29FN6O/c1-33-22-13-12-17(14-20(22)26)29-25-31-23(19-15-27-21-11-7-6-10-18(19)21)30-24(32-25)28-16-8-4-2-3-5-9-16/h6-7,10-14,16,19,27H,2-5,8-9,15H2,1H3,(H2,28,29,30,31,32). The molecule has 3 N–H and O–H groups in total. The van der Waals surface area contributed by atoms with Gasteiger partial charge in [-0.1, -0.05) is 43.9 Å². The summed E-state index contributed by atoms with van der Waals surface area (Å²) in [5, 5.41) is 10.1. The number of rotatable bonds is 6. The van der Waals surface area contributed by atoms with E-state index < -0.39 is 5.82 Å². The van der Waals surface area contributed by atoms with Gasteiger partial charge in [-0.05, 0) is 36.6 Å². The molecule has 0 radical (unpaired) electrons. The molecule has 1 unspecified atom stereocenters. The predicted molar refractivity (Wildman–Crippen MR) is 128 cm³/mol. The number of hydrogen-bond acceptors (Lipinski definition) is 7. The summed E-state index contributed by atoms with van der Waals surface area (Å²) in [6.45, 7) is 0.725.